The lowest BCUT2D eigenvalue weighted by Crippen LogP contribution is -2.15. The monoisotopic (exact) mass is 276 g/mol. The van der Waals surface area contributed by atoms with E-state index in [2.05, 4.69) is 32.9 Å². The van der Waals surface area contributed by atoms with Crippen molar-refractivity contribution in [2.75, 3.05) is 7.11 Å². The minimum Gasteiger partial charge on any atom is -0.496 e. The van der Waals surface area contributed by atoms with Gasteiger partial charge in [0.05, 0.1) is 13.5 Å². The van der Waals surface area contributed by atoms with Crippen LogP contribution in [0.15, 0.2) is 18.2 Å². The summed E-state index contributed by atoms with van der Waals surface area (Å²) in [7, 11) is 1.65. The van der Waals surface area contributed by atoms with E-state index in [1.165, 1.54) is 5.56 Å². The quantitative estimate of drug-likeness (QED) is 0.890. The van der Waals surface area contributed by atoms with Gasteiger partial charge in [0.1, 0.15) is 5.75 Å². The predicted octanol–water partition coefficient (Wildman–Crippen LogP) is 3.79. The van der Waals surface area contributed by atoms with Crippen LogP contribution in [0, 0.1) is 5.41 Å². The second-order valence-electron chi connectivity index (χ2n) is 7.12. The fourth-order valence-corrected chi connectivity index (χ4v) is 2.87. The molecular formula is C17H24O3. The molecule has 110 valence electrons. The van der Waals surface area contributed by atoms with Crippen molar-refractivity contribution in [2.45, 2.75) is 51.9 Å². The lowest BCUT2D eigenvalue weighted by atomic mass is 9.84. The van der Waals surface area contributed by atoms with Crippen molar-refractivity contribution in [2.24, 2.45) is 5.41 Å². The third kappa shape index (κ3) is 3.33. The van der Waals surface area contributed by atoms with Crippen molar-refractivity contribution in [3.05, 3.63) is 29.3 Å². The van der Waals surface area contributed by atoms with Crippen molar-refractivity contribution in [1.29, 1.82) is 0 Å². The van der Waals surface area contributed by atoms with Gasteiger partial charge in [0, 0.05) is 11.0 Å². The zero-order valence-corrected chi connectivity index (χ0v) is 12.8. The molecule has 0 bridgehead atoms. The molecule has 1 aliphatic rings. The minimum absolute atomic E-state index is 0.197. The maximum atomic E-state index is 11.1. The number of benzene rings is 1. The molecule has 3 heteroatoms. The number of carboxylic acids is 1. The second-order valence-corrected chi connectivity index (χ2v) is 7.12. The highest BCUT2D eigenvalue weighted by Crippen LogP contribution is 2.54. The van der Waals surface area contributed by atoms with E-state index < -0.39 is 5.97 Å². The fourth-order valence-electron chi connectivity index (χ4n) is 2.87. The average Bonchev–Trinajstić information content (AvgIpc) is 3.07. The molecule has 20 heavy (non-hydrogen) atoms. The number of hydrogen-bond donors (Lipinski definition) is 1. The van der Waals surface area contributed by atoms with Crippen molar-refractivity contribution in [1.82, 2.24) is 0 Å². The summed E-state index contributed by atoms with van der Waals surface area (Å²) in [4.78, 5) is 11.1. The lowest BCUT2D eigenvalue weighted by molar-refractivity contribution is -0.137. The molecule has 1 fully saturated rings. The SMILES string of the molecule is COc1ccc(CC(C)(C)C)cc1C1(CC(=O)O)CC1. The molecule has 0 amide bonds. The first-order valence-electron chi connectivity index (χ1n) is 7.15. The molecule has 0 saturated heterocycles. The smallest absolute Gasteiger partial charge is 0.304 e. The second kappa shape index (κ2) is 5.12. The Balaban J connectivity index is 2.35. The van der Waals surface area contributed by atoms with E-state index >= 15 is 0 Å². The van der Waals surface area contributed by atoms with Gasteiger partial charge in [0.25, 0.3) is 0 Å². The van der Waals surface area contributed by atoms with Crippen LogP contribution in [0.1, 0.15) is 51.2 Å². The van der Waals surface area contributed by atoms with Crippen molar-refractivity contribution < 1.29 is 14.6 Å². The number of methoxy groups -OCH3 is 1. The molecule has 1 N–H and O–H groups in total. The van der Waals surface area contributed by atoms with Gasteiger partial charge in [-0.2, -0.15) is 0 Å². The predicted molar refractivity (Wildman–Crippen MR) is 79.3 cm³/mol. The van der Waals surface area contributed by atoms with Gasteiger partial charge in [-0.1, -0.05) is 32.9 Å². The third-order valence-corrected chi connectivity index (χ3v) is 3.91. The number of ether oxygens (including phenoxy) is 1. The molecule has 0 spiro atoms. The van der Waals surface area contributed by atoms with E-state index in [4.69, 9.17) is 9.84 Å². The zero-order chi connectivity index (χ0) is 15.0. The number of aliphatic carboxylic acids is 1. The van der Waals surface area contributed by atoms with E-state index in [-0.39, 0.29) is 17.3 Å². The maximum absolute atomic E-state index is 11.1. The van der Waals surface area contributed by atoms with Gasteiger partial charge < -0.3 is 9.84 Å². The molecule has 1 saturated carbocycles. The largest absolute Gasteiger partial charge is 0.496 e. The summed E-state index contributed by atoms with van der Waals surface area (Å²) in [6.45, 7) is 6.63. The highest BCUT2D eigenvalue weighted by Gasteiger charge is 2.47. The van der Waals surface area contributed by atoms with Crippen LogP contribution in [0.25, 0.3) is 0 Å². The van der Waals surface area contributed by atoms with Crippen molar-refractivity contribution >= 4 is 5.97 Å². The van der Waals surface area contributed by atoms with Crippen LogP contribution in [-0.2, 0) is 16.6 Å². The van der Waals surface area contributed by atoms with Crippen LogP contribution in [0.4, 0.5) is 0 Å². The van der Waals surface area contributed by atoms with E-state index in [0.717, 1.165) is 30.6 Å². The first-order valence-corrected chi connectivity index (χ1v) is 7.15. The van der Waals surface area contributed by atoms with Gasteiger partial charge in [0.15, 0.2) is 0 Å². The van der Waals surface area contributed by atoms with Crippen molar-refractivity contribution in [3.63, 3.8) is 0 Å². The summed E-state index contributed by atoms with van der Waals surface area (Å²) in [6, 6.07) is 6.22. The summed E-state index contributed by atoms with van der Waals surface area (Å²) in [5.41, 5.74) is 2.34. The first-order chi connectivity index (χ1) is 9.26. The zero-order valence-electron chi connectivity index (χ0n) is 12.8. The minimum atomic E-state index is -0.731. The summed E-state index contributed by atoms with van der Waals surface area (Å²) < 4.78 is 5.45. The maximum Gasteiger partial charge on any atom is 0.304 e. The normalized spacial score (nSPS) is 16.8. The topological polar surface area (TPSA) is 46.5 Å². The molecule has 0 aromatic heterocycles. The Morgan fingerprint density at radius 1 is 1.35 bits per heavy atom. The molecule has 3 nitrogen and oxygen atoms in total. The van der Waals surface area contributed by atoms with Gasteiger partial charge >= 0.3 is 5.97 Å². The number of rotatable bonds is 5. The van der Waals surface area contributed by atoms with Crippen LogP contribution < -0.4 is 4.74 Å². The molecule has 2 rings (SSSR count). The lowest BCUT2D eigenvalue weighted by Gasteiger charge is -2.22. The van der Waals surface area contributed by atoms with Crippen LogP contribution in [0.2, 0.25) is 0 Å². The van der Waals surface area contributed by atoms with E-state index in [1.54, 1.807) is 7.11 Å². The molecule has 1 aromatic carbocycles. The molecule has 0 unspecified atom stereocenters. The Morgan fingerprint density at radius 3 is 2.45 bits per heavy atom. The Labute approximate surface area is 121 Å². The number of carboxylic acid groups (broad SMARTS) is 1. The van der Waals surface area contributed by atoms with E-state index in [9.17, 15) is 4.79 Å². The van der Waals surface area contributed by atoms with Gasteiger partial charge in [0.2, 0.25) is 0 Å². The molecule has 0 aliphatic heterocycles. The molecule has 1 aliphatic carbocycles. The van der Waals surface area contributed by atoms with E-state index in [0.29, 0.717) is 0 Å². The molecule has 0 atom stereocenters. The fraction of sp³-hybridized carbons (Fsp3) is 0.588. The Hall–Kier alpha value is -1.51. The summed E-state index contributed by atoms with van der Waals surface area (Å²) in [5.74, 6) is 0.0900. The first kappa shape index (κ1) is 14.9. The van der Waals surface area contributed by atoms with Gasteiger partial charge in [-0.3, -0.25) is 4.79 Å². The molecular weight excluding hydrogens is 252 g/mol. The number of carbonyl (C=O) groups is 1. The average molecular weight is 276 g/mol. The highest BCUT2D eigenvalue weighted by molar-refractivity contribution is 5.70. The van der Waals surface area contributed by atoms with Crippen LogP contribution in [0.5, 0.6) is 5.75 Å². The Kier molecular flexibility index (Phi) is 3.81. The van der Waals surface area contributed by atoms with Crippen LogP contribution >= 0.6 is 0 Å². The Morgan fingerprint density at radius 2 is 2.00 bits per heavy atom. The summed E-state index contributed by atoms with van der Waals surface area (Å²) >= 11 is 0. The third-order valence-electron chi connectivity index (χ3n) is 3.91. The Bertz CT molecular complexity index is 507. The van der Waals surface area contributed by atoms with Crippen molar-refractivity contribution in [3.8, 4) is 5.75 Å². The van der Waals surface area contributed by atoms with Crippen LogP contribution in [0.3, 0.4) is 0 Å². The summed E-state index contributed by atoms with van der Waals surface area (Å²) in [6.07, 6.45) is 3.05. The van der Waals surface area contributed by atoms with Crippen LogP contribution in [-0.4, -0.2) is 18.2 Å². The molecule has 0 radical (unpaired) electrons. The number of hydrogen-bond acceptors (Lipinski definition) is 2. The molecule has 1 aromatic rings. The highest BCUT2D eigenvalue weighted by atomic mass is 16.5. The van der Waals surface area contributed by atoms with E-state index in [1.807, 2.05) is 6.07 Å². The standard InChI is InChI=1S/C17H24O3/c1-16(2,3)10-12-5-6-14(20-4)13(9-12)17(7-8-17)11-15(18)19/h5-6,9H,7-8,10-11H2,1-4H3,(H,18,19). The van der Waals surface area contributed by atoms with Gasteiger partial charge in [-0.15, -0.1) is 0 Å². The molecule has 0 heterocycles. The van der Waals surface area contributed by atoms with Gasteiger partial charge in [-0.05, 0) is 36.3 Å². The summed E-state index contributed by atoms with van der Waals surface area (Å²) in [5, 5.41) is 9.13. The van der Waals surface area contributed by atoms with Gasteiger partial charge in [-0.25, -0.2) is 0 Å².